The molecule has 2 nitrogen and oxygen atoms in total. The minimum absolute atomic E-state index is 0.177. The van der Waals surface area contributed by atoms with E-state index < -0.39 is 0 Å². The topological polar surface area (TPSA) is 38.9 Å². The van der Waals surface area contributed by atoms with Crippen LogP contribution in [0.5, 0.6) is 0 Å². The number of nitrogens with zero attached hydrogens (tertiary/aromatic N) is 1. The highest BCUT2D eigenvalue weighted by molar-refractivity contribution is 7.98. The number of nitrogens with two attached hydrogens (primary N) is 1. The van der Waals surface area contributed by atoms with Gasteiger partial charge in [-0.15, -0.1) is 11.8 Å². The molecule has 0 spiro atoms. The molecule has 2 N–H and O–H groups in total. The van der Waals surface area contributed by atoms with E-state index in [0.29, 0.717) is 5.25 Å². The molecule has 19 heavy (non-hydrogen) atoms. The quantitative estimate of drug-likeness (QED) is 0.869. The molecule has 1 aromatic carbocycles. The molecule has 0 fully saturated rings. The fourth-order valence-corrected chi connectivity index (χ4v) is 3.35. The monoisotopic (exact) mass is 272 g/mol. The van der Waals surface area contributed by atoms with Crippen molar-refractivity contribution >= 4 is 11.8 Å². The largest absolute Gasteiger partial charge is 0.326 e. The number of rotatable bonds is 6. The predicted molar refractivity (Wildman–Crippen MR) is 83.0 cm³/mol. The molecule has 0 radical (unpaired) electrons. The summed E-state index contributed by atoms with van der Waals surface area (Å²) in [6.45, 7) is 2.14. The van der Waals surface area contributed by atoms with Crippen LogP contribution in [0, 0.1) is 0 Å². The van der Waals surface area contributed by atoms with E-state index in [4.69, 9.17) is 5.73 Å². The average Bonchev–Trinajstić information content (AvgIpc) is 2.49. The Kier molecular flexibility index (Phi) is 5.43. The van der Waals surface area contributed by atoms with E-state index in [1.165, 1.54) is 11.1 Å². The van der Waals surface area contributed by atoms with Crippen LogP contribution in [0.4, 0.5) is 0 Å². The fourth-order valence-electron chi connectivity index (χ4n) is 1.99. The first-order valence-corrected chi connectivity index (χ1v) is 7.67. The van der Waals surface area contributed by atoms with Crippen molar-refractivity contribution in [2.24, 2.45) is 5.73 Å². The minimum atomic E-state index is 0.177. The van der Waals surface area contributed by atoms with Crippen molar-refractivity contribution < 1.29 is 0 Å². The highest BCUT2D eigenvalue weighted by Crippen LogP contribution is 2.34. The van der Waals surface area contributed by atoms with Crippen molar-refractivity contribution in [3.63, 3.8) is 0 Å². The van der Waals surface area contributed by atoms with E-state index in [1.54, 1.807) is 0 Å². The third kappa shape index (κ3) is 4.08. The Labute approximate surface area is 119 Å². The molecule has 100 valence electrons. The van der Waals surface area contributed by atoms with Crippen LogP contribution in [0.25, 0.3) is 0 Å². The molecule has 0 saturated carbocycles. The molecule has 0 aliphatic heterocycles. The van der Waals surface area contributed by atoms with Crippen molar-refractivity contribution in [1.82, 2.24) is 4.98 Å². The van der Waals surface area contributed by atoms with Crippen LogP contribution in [0.3, 0.4) is 0 Å². The summed E-state index contributed by atoms with van der Waals surface area (Å²) in [6.07, 6.45) is 4.66. The molecule has 0 bridgehead atoms. The first-order valence-electron chi connectivity index (χ1n) is 6.62. The van der Waals surface area contributed by atoms with E-state index in [0.717, 1.165) is 12.2 Å². The number of thioether (sulfide) groups is 1. The van der Waals surface area contributed by atoms with Gasteiger partial charge in [0.2, 0.25) is 0 Å². The minimum Gasteiger partial charge on any atom is -0.326 e. The highest BCUT2D eigenvalue weighted by Gasteiger charge is 2.18. The molecule has 1 heterocycles. The van der Waals surface area contributed by atoms with Gasteiger partial charge in [0.15, 0.2) is 0 Å². The zero-order valence-electron chi connectivity index (χ0n) is 11.2. The van der Waals surface area contributed by atoms with Crippen LogP contribution in [-0.2, 0) is 5.75 Å². The second-order valence-corrected chi connectivity index (χ2v) is 5.70. The Balaban J connectivity index is 2.07. The van der Waals surface area contributed by atoms with Gasteiger partial charge >= 0.3 is 0 Å². The van der Waals surface area contributed by atoms with Crippen molar-refractivity contribution in [3.05, 3.63) is 66.0 Å². The number of aromatic nitrogens is 1. The van der Waals surface area contributed by atoms with Gasteiger partial charge in [0.05, 0.1) is 0 Å². The summed E-state index contributed by atoms with van der Waals surface area (Å²) in [5, 5.41) is 0.327. The van der Waals surface area contributed by atoms with E-state index in [2.05, 4.69) is 48.3 Å². The average molecular weight is 272 g/mol. The zero-order valence-corrected chi connectivity index (χ0v) is 12.0. The normalized spacial score (nSPS) is 14.0. The lowest BCUT2D eigenvalue weighted by molar-refractivity contribution is 0.633. The first-order chi connectivity index (χ1) is 9.31. The lowest BCUT2D eigenvalue weighted by atomic mass is 10.1. The van der Waals surface area contributed by atoms with E-state index in [9.17, 15) is 0 Å². The molecule has 3 heteroatoms. The maximum absolute atomic E-state index is 6.27. The van der Waals surface area contributed by atoms with Gasteiger partial charge in [-0.05, 0) is 29.7 Å². The van der Waals surface area contributed by atoms with Gasteiger partial charge in [-0.3, -0.25) is 4.98 Å². The summed E-state index contributed by atoms with van der Waals surface area (Å²) in [4.78, 5) is 4.08. The summed E-state index contributed by atoms with van der Waals surface area (Å²) in [5.74, 6) is 0.988. The van der Waals surface area contributed by atoms with Gasteiger partial charge < -0.3 is 5.73 Å². The number of pyridine rings is 1. The van der Waals surface area contributed by atoms with Crippen LogP contribution >= 0.6 is 11.8 Å². The predicted octanol–water partition coefficient (Wildman–Crippen LogP) is 3.79. The van der Waals surface area contributed by atoms with Gasteiger partial charge in [-0.2, -0.15) is 0 Å². The number of hydrogen-bond acceptors (Lipinski definition) is 3. The van der Waals surface area contributed by atoms with Crippen LogP contribution < -0.4 is 5.73 Å². The van der Waals surface area contributed by atoms with E-state index in [-0.39, 0.29) is 6.04 Å². The van der Waals surface area contributed by atoms with Gasteiger partial charge in [-0.25, -0.2) is 0 Å². The van der Waals surface area contributed by atoms with Gasteiger partial charge in [0, 0.05) is 29.4 Å². The molecule has 0 amide bonds. The lowest BCUT2D eigenvalue weighted by Crippen LogP contribution is -2.25. The van der Waals surface area contributed by atoms with Gasteiger partial charge in [0.1, 0.15) is 0 Å². The molecular weight excluding hydrogens is 252 g/mol. The smallest absolute Gasteiger partial charge is 0.0452 e. The van der Waals surface area contributed by atoms with E-state index in [1.807, 2.05) is 30.2 Å². The lowest BCUT2D eigenvalue weighted by Gasteiger charge is -2.22. The summed E-state index contributed by atoms with van der Waals surface area (Å²) in [5.41, 5.74) is 8.88. The zero-order chi connectivity index (χ0) is 13.5. The third-order valence-corrected chi connectivity index (χ3v) is 4.65. The fraction of sp³-hybridized carbons (Fsp3) is 0.312. The molecule has 2 unspecified atom stereocenters. The van der Waals surface area contributed by atoms with Crippen molar-refractivity contribution in [1.29, 1.82) is 0 Å². The van der Waals surface area contributed by atoms with Crippen LogP contribution in [0.15, 0.2) is 54.9 Å². The summed E-state index contributed by atoms with van der Waals surface area (Å²) in [6, 6.07) is 14.8. The standard InChI is InChI=1S/C16H20N2S/c1-2-15(17)16(14-8-10-18-11-9-14)19-12-13-6-4-3-5-7-13/h3-11,15-16H,2,12,17H2,1H3. The van der Waals surface area contributed by atoms with Gasteiger partial charge in [0.25, 0.3) is 0 Å². The second-order valence-electron chi connectivity index (χ2n) is 4.57. The Morgan fingerprint density at radius 1 is 1.11 bits per heavy atom. The molecule has 2 rings (SSSR count). The molecule has 1 aromatic heterocycles. The molecular formula is C16H20N2S. The number of hydrogen-bond donors (Lipinski definition) is 1. The maximum Gasteiger partial charge on any atom is 0.0452 e. The molecule has 0 saturated heterocycles. The van der Waals surface area contributed by atoms with Crippen molar-refractivity contribution in [2.75, 3.05) is 0 Å². The molecule has 0 aliphatic carbocycles. The molecule has 2 atom stereocenters. The second kappa shape index (κ2) is 7.31. The Morgan fingerprint density at radius 3 is 2.42 bits per heavy atom. The van der Waals surface area contributed by atoms with E-state index >= 15 is 0 Å². The van der Waals surface area contributed by atoms with Crippen LogP contribution in [-0.4, -0.2) is 11.0 Å². The highest BCUT2D eigenvalue weighted by atomic mass is 32.2. The Hall–Kier alpha value is -1.32. The first kappa shape index (κ1) is 14.1. The number of benzene rings is 1. The third-order valence-electron chi connectivity index (χ3n) is 3.17. The molecule has 0 aliphatic rings. The summed E-state index contributed by atoms with van der Waals surface area (Å²) >= 11 is 1.91. The van der Waals surface area contributed by atoms with Gasteiger partial charge in [-0.1, -0.05) is 37.3 Å². The van der Waals surface area contributed by atoms with Crippen molar-refractivity contribution in [3.8, 4) is 0 Å². The van der Waals surface area contributed by atoms with Crippen LogP contribution in [0.1, 0.15) is 29.7 Å². The summed E-state index contributed by atoms with van der Waals surface area (Å²) < 4.78 is 0. The SMILES string of the molecule is CCC(N)C(SCc1ccccc1)c1ccncc1. The maximum atomic E-state index is 6.27. The Morgan fingerprint density at radius 2 is 1.79 bits per heavy atom. The summed E-state index contributed by atoms with van der Waals surface area (Å²) in [7, 11) is 0. The van der Waals surface area contributed by atoms with Crippen molar-refractivity contribution in [2.45, 2.75) is 30.4 Å². The van der Waals surface area contributed by atoms with Crippen LogP contribution in [0.2, 0.25) is 0 Å². The Bertz CT molecular complexity index is 473. The molecule has 2 aromatic rings.